The fourth-order valence-electron chi connectivity index (χ4n) is 1.44. The number of sulfonamides is 1. The number of anilines is 1. The molecule has 11 heteroatoms. The topological polar surface area (TPSA) is 63.2 Å². The maximum atomic E-state index is 12.7. The molecule has 1 aromatic heterocycles. The summed E-state index contributed by atoms with van der Waals surface area (Å²) in [5.41, 5.74) is 0.166. The van der Waals surface area contributed by atoms with Gasteiger partial charge in [0.15, 0.2) is 0 Å². The van der Waals surface area contributed by atoms with Crippen molar-refractivity contribution >= 4 is 38.1 Å². The molecule has 0 fully saturated rings. The largest absolute Gasteiger partial charge is 0.416 e. The highest BCUT2D eigenvalue weighted by molar-refractivity contribution is 7.93. The summed E-state index contributed by atoms with van der Waals surface area (Å²) in [7, 11) is -3.04. The van der Waals surface area contributed by atoms with Crippen molar-refractivity contribution in [3.05, 3.63) is 34.3 Å². The SMILES string of the molecule is CN(c1nncs1)S(=O)(=O)c1cc(Cl)cc(C(F)(F)F)c1. The van der Waals surface area contributed by atoms with E-state index in [1.807, 2.05) is 0 Å². The minimum absolute atomic E-state index is 0.0311. The van der Waals surface area contributed by atoms with E-state index < -0.39 is 26.7 Å². The van der Waals surface area contributed by atoms with Crippen LogP contribution in [0.15, 0.2) is 28.6 Å². The van der Waals surface area contributed by atoms with Crippen molar-refractivity contribution in [1.29, 1.82) is 0 Å². The van der Waals surface area contributed by atoms with Crippen LogP contribution in [-0.2, 0) is 16.2 Å². The number of halogens is 4. The van der Waals surface area contributed by atoms with Gasteiger partial charge in [0.25, 0.3) is 10.0 Å². The van der Waals surface area contributed by atoms with Crippen LogP contribution in [-0.4, -0.2) is 25.7 Å². The van der Waals surface area contributed by atoms with Gasteiger partial charge in [-0.3, -0.25) is 0 Å². The first-order chi connectivity index (χ1) is 9.62. The van der Waals surface area contributed by atoms with Gasteiger partial charge in [0.05, 0.1) is 10.5 Å². The molecule has 0 radical (unpaired) electrons. The molecule has 5 nitrogen and oxygen atoms in total. The predicted octanol–water partition coefficient (Wildman–Crippen LogP) is 3.04. The number of hydrogen-bond acceptors (Lipinski definition) is 5. The van der Waals surface area contributed by atoms with Crippen molar-refractivity contribution in [3.8, 4) is 0 Å². The Morgan fingerprint density at radius 3 is 2.48 bits per heavy atom. The number of nitrogens with zero attached hydrogens (tertiary/aromatic N) is 3. The Labute approximate surface area is 127 Å². The first kappa shape index (κ1) is 16.0. The van der Waals surface area contributed by atoms with Gasteiger partial charge in [-0.05, 0) is 18.2 Å². The van der Waals surface area contributed by atoms with Crippen molar-refractivity contribution in [3.63, 3.8) is 0 Å². The fraction of sp³-hybridized carbons (Fsp3) is 0.200. The first-order valence-electron chi connectivity index (χ1n) is 5.25. The highest BCUT2D eigenvalue weighted by atomic mass is 35.5. The third-order valence-electron chi connectivity index (χ3n) is 2.47. The average Bonchev–Trinajstić information content (AvgIpc) is 2.89. The van der Waals surface area contributed by atoms with Gasteiger partial charge in [0, 0.05) is 12.1 Å². The molecule has 0 spiro atoms. The van der Waals surface area contributed by atoms with Gasteiger partial charge in [-0.25, -0.2) is 12.7 Å². The Kier molecular flexibility index (Phi) is 4.13. The lowest BCUT2D eigenvalue weighted by atomic mass is 10.2. The second-order valence-corrected chi connectivity index (χ2v) is 7.08. The number of hydrogen-bond donors (Lipinski definition) is 0. The summed E-state index contributed by atoms with van der Waals surface area (Å²) >= 11 is 6.52. The Morgan fingerprint density at radius 1 is 1.29 bits per heavy atom. The molecule has 2 aromatic rings. The smallest absolute Gasteiger partial charge is 0.243 e. The molecule has 0 amide bonds. The normalized spacial score (nSPS) is 12.4. The monoisotopic (exact) mass is 357 g/mol. The van der Waals surface area contributed by atoms with E-state index in [1.165, 1.54) is 12.6 Å². The highest BCUT2D eigenvalue weighted by Gasteiger charge is 2.33. The van der Waals surface area contributed by atoms with Crippen LogP contribution in [0.4, 0.5) is 18.3 Å². The number of rotatable bonds is 3. The molecular weight excluding hydrogens is 351 g/mol. The average molecular weight is 358 g/mol. The lowest BCUT2D eigenvalue weighted by Crippen LogP contribution is -2.26. The molecule has 0 bridgehead atoms. The Hall–Kier alpha value is -1.39. The second-order valence-electron chi connectivity index (χ2n) is 3.87. The van der Waals surface area contributed by atoms with Gasteiger partial charge in [0.2, 0.25) is 5.13 Å². The Morgan fingerprint density at radius 2 is 1.95 bits per heavy atom. The molecule has 1 heterocycles. The van der Waals surface area contributed by atoms with E-state index in [9.17, 15) is 21.6 Å². The zero-order valence-electron chi connectivity index (χ0n) is 10.3. The van der Waals surface area contributed by atoms with Crippen molar-refractivity contribution in [2.24, 2.45) is 0 Å². The van der Waals surface area contributed by atoms with Crippen molar-refractivity contribution in [2.75, 3.05) is 11.4 Å². The van der Waals surface area contributed by atoms with Gasteiger partial charge < -0.3 is 0 Å². The molecule has 0 aliphatic rings. The van der Waals surface area contributed by atoms with Crippen LogP contribution in [0.25, 0.3) is 0 Å². The second kappa shape index (κ2) is 5.43. The molecular formula is C10H7ClF3N3O2S2. The summed E-state index contributed by atoms with van der Waals surface area (Å²) in [6.45, 7) is 0. The molecule has 0 unspecified atom stereocenters. The van der Waals surface area contributed by atoms with E-state index in [4.69, 9.17) is 11.6 Å². The molecule has 1 aromatic carbocycles. The summed E-state index contributed by atoms with van der Waals surface area (Å²) in [6, 6.07) is 2.13. The van der Waals surface area contributed by atoms with E-state index in [0.29, 0.717) is 12.1 Å². The van der Waals surface area contributed by atoms with E-state index in [1.54, 1.807) is 0 Å². The number of alkyl halides is 3. The lowest BCUT2D eigenvalue weighted by Gasteiger charge is -2.17. The molecule has 21 heavy (non-hydrogen) atoms. The third-order valence-corrected chi connectivity index (χ3v) is 5.30. The van der Waals surface area contributed by atoms with Crippen molar-refractivity contribution in [2.45, 2.75) is 11.1 Å². The molecule has 0 aliphatic carbocycles. The third kappa shape index (κ3) is 3.27. The van der Waals surface area contributed by atoms with Crippen LogP contribution in [0, 0.1) is 0 Å². The summed E-state index contributed by atoms with van der Waals surface area (Å²) < 4.78 is 63.5. The molecule has 0 aliphatic heterocycles. The summed E-state index contributed by atoms with van der Waals surface area (Å²) in [5.74, 6) is 0. The van der Waals surface area contributed by atoms with Gasteiger partial charge in [-0.2, -0.15) is 13.2 Å². The zero-order valence-corrected chi connectivity index (χ0v) is 12.7. The maximum absolute atomic E-state index is 12.7. The summed E-state index contributed by atoms with van der Waals surface area (Å²) in [6.07, 6.45) is -4.70. The molecule has 0 saturated heterocycles. The van der Waals surface area contributed by atoms with Crippen LogP contribution in [0.5, 0.6) is 0 Å². The summed E-state index contributed by atoms with van der Waals surface area (Å²) in [5, 5.41) is 6.75. The Bertz CT molecular complexity index is 747. The number of aromatic nitrogens is 2. The molecule has 0 saturated carbocycles. The lowest BCUT2D eigenvalue weighted by molar-refractivity contribution is -0.137. The standard InChI is InChI=1S/C10H7ClF3N3O2S2/c1-17(9-16-15-5-20-9)21(18,19)8-3-6(10(12,13)14)2-7(11)4-8/h2-5H,1H3. The van der Waals surface area contributed by atoms with Crippen LogP contribution in [0.1, 0.15) is 5.56 Å². The summed E-state index contributed by atoms with van der Waals surface area (Å²) in [4.78, 5) is -0.569. The van der Waals surface area contributed by atoms with E-state index in [2.05, 4.69) is 10.2 Å². The predicted molar refractivity (Wildman–Crippen MR) is 72.0 cm³/mol. The maximum Gasteiger partial charge on any atom is 0.416 e. The quantitative estimate of drug-likeness (QED) is 0.847. The van der Waals surface area contributed by atoms with Gasteiger partial charge >= 0.3 is 6.18 Å². The first-order valence-corrected chi connectivity index (χ1v) is 7.95. The molecule has 114 valence electrons. The van der Waals surface area contributed by atoms with Gasteiger partial charge in [-0.15, -0.1) is 10.2 Å². The van der Waals surface area contributed by atoms with Crippen LogP contribution in [0.2, 0.25) is 5.02 Å². The van der Waals surface area contributed by atoms with Gasteiger partial charge in [-0.1, -0.05) is 22.9 Å². The minimum atomic E-state index is -4.70. The van der Waals surface area contributed by atoms with E-state index >= 15 is 0 Å². The zero-order chi connectivity index (χ0) is 15.8. The minimum Gasteiger partial charge on any atom is -0.243 e. The van der Waals surface area contributed by atoms with Crippen LogP contribution in [0.3, 0.4) is 0 Å². The highest BCUT2D eigenvalue weighted by Crippen LogP contribution is 2.34. The molecule has 2 rings (SSSR count). The Balaban J connectivity index is 2.53. The van der Waals surface area contributed by atoms with Crippen LogP contribution < -0.4 is 4.31 Å². The van der Waals surface area contributed by atoms with E-state index in [0.717, 1.165) is 21.7 Å². The molecule has 0 atom stereocenters. The van der Waals surface area contributed by atoms with Crippen molar-refractivity contribution < 1.29 is 21.6 Å². The van der Waals surface area contributed by atoms with E-state index in [-0.39, 0.29) is 10.2 Å². The van der Waals surface area contributed by atoms with Crippen LogP contribution >= 0.6 is 22.9 Å². The van der Waals surface area contributed by atoms with Crippen molar-refractivity contribution in [1.82, 2.24) is 10.2 Å². The fourth-order valence-corrected chi connectivity index (χ4v) is 3.71. The number of benzene rings is 1. The van der Waals surface area contributed by atoms with Gasteiger partial charge in [0.1, 0.15) is 5.51 Å². The molecule has 0 N–H and O–H groups in total.